The molecule has 0 aliphatic carbocycles. The van der Waals surface area contributed by atoms with Crippen molar-refractivity contribution in [2.45, 2.75) is 6.10 Å². The molecule has 96 valence electrons. The van der Waals surface area contributed by atoms with Crippen LogP contribution in [0.3, 0.4) is 0 Å². The minimum Gasteiger partial charge on any atom is -0.360 e. The molecule has 1 fully saturated rings. The first-order valence-electron chi connectivity index (χ1n) is 5.94. The average Bonchev–Trinajstić information content (AvgIpc) is 2.46. The average molecular weight is 275 g/mol. The SMILES string of the molecule is N#CC1CN(c2ncnc3cc(Cl)ccc23)CCO1. The minimum absolute atomic E-state index is 0.411. The molecule has 2 aromatic rings. The zero-order chi connectivity index (χ0) is 13.2. The quantitative estimate of drug-likeness (QED) is 0.796. The Labute approximate surface area is 115 Å². The molecule has 2 heterocycles. The van der Waals surface area contributed by atoms with Crippen LogP contribution in [0.25, 0.3) is 10.9 Å². The second kappa shape index (κ2) is 5.00. The van der Waals surface area contributed by atoms with Crippen molar-refractivity contribution in [3.05, 3.63) is 29.5 Å². The number of ether oxygens (including phenoxy) is 1. The van der Waals surface area contributed by atoms with E-state index in [4.69, 9.17) is 21.6 Å². The summed E-state index contributed by atoms with van der Waals surface area (Å²) in [5.41, 5.74) is 0.803. The summed E-state index contributed by atoms with van der Waals surface area (Å²) < 4.78 is 5.34. The number of halogens is 1. The molecule has 0 saturated carbocycles. The topological polar surface area (TPSA) is 62.0 Å². The van der Waals surface area contributed by atoms with E-state index in [0.717, 1.165) is 16.7 Å². The van der Waals surface area contributed by atoms with Crippen LogP contribution in [0.15, 0.2) is 24.5 Å². The van der Waals surface area contributed by atoms with Gasteiger partial charge >= 0.3 is 0 Å². The zero-order valence-electron chi connectivity index (χ0n) is 10.1. The molecule has 0 radical (unpaired) electrons. The summed E-state index contributed by atoms with van der Waals surface area (Å²) in [5, 5.41) is 10.5. The Bertz CT molecular complexity index is 655. The number of aromatic nitrogens is 2. The predicted octanol–water partition coefficient (Wildman–Crippen LogP) is 2.01. The van der Waals surface area contributed by atoms with E-state index in [-0.39, 0.29) is 0 Å². The van der Waals surface area contributed by atoms with Gasteiger partial charge in [-0.05, 0) is 18.2 Å². The Hall–Kier alpha value is -1.90. The van der Waals surface area contributed by atoms with Crippen molar-refractivity contribution in [3.8, 4) is 6.07 Å². The van der Waals surface area contributed by atoms with Gasteiger partial charge in [-0.3, -0.25) is 0 Å². The molecular formula is C13H11ClN4O. The van der Waals surface area contributed by atoms with Crippen molar-refractivity contribution in [1.82, 2.24) is 9.97 Å². The molecule has 0 amide bonds. The maximum absolute atomic E-state index is 8.95. The molecule has 1 aromatic heterocycles. The van der Waals surface area contributed by atoms with E-state index in [1.807, 2.05) is 18.2 Å². The van der Waals surface area contributed by atoms with Gasteiger partial charge < -0.3 is 9.64 Å². The van der Waals surface area contributed by atoms with Crippen LogP contribution in [-0.4, -0.2) is 35.8 Å². The van der Waals surface area contributed by atoms with Crippen molar-refractivity contribution in [3.63, 3.8) is 0 Å². The first kappa shape index (κ1) is 12.2. The molecule has 3 rings (SSSR count). The molecule has 1 unspecified atom stereocenters. The van der Waals surface area contributed by atoms with E-state index >= 15 is 0 Å². The Morgan fingerprint density at radius 3 is 3.16 bits per heavy atom. The molecule has 1 aliphatic heterocycles. The van der Waals surface area contributed by atoms with Gasteiger partial charge in [-0.25, -0.2) is 9.97 Å². The van der Waals surface area contributed by atoms with Crippen LogP contribution in [0.4, 0.5) is 5.82 Å². The van der Waals surface area contributed by atoms with Crippen LogP contribution in [-0.2, 0) is 4.74 Å². The van der Waals surface area contributed by atoms with E-state index in [1.54, 1.807) is 0 Å². The van der Waals surface area contributed by atoms with E-state index < -0.39 is 6.10 Å². The summed E-state index contributed by atoms with van der Waals surface area (Å²) in [6, 6.07) is 7.67. The number of nitrogens with zero attached hydrogens (tertiary/aromatic N) is 4. The third-order valence-corrected chi connectivity index (χ3v) is 3.32. The lowest BCUT2D eigenvalue weighted by Crippen LogP contribution is -2.42. The van der Waals surface area contributed by atoms with Crippen LogP contribution >= 0.6 is 11.6 Å². The minimum atomic E-state index is -0.411. The van der Waals surface area contributed by atoms with E-state index in [1.165, 1.54) is 6.33 Å². The van der Waals surface area contributed by atoms with Crippen molar-refractivity contribution < 1.29 is 4.74 Å². The van der Waals surface area contributed by atoms with Crippen LogP contribution in [0.1, 0.15) is 0 Å². The highest BCUT2D eigenvalue weighted by Crippen LogP contribution is 2.26. The molecule has 0 N–H and O–H groups in total. The molecule has 19 heavy (non-hydrogen) atoms. The standard InChI is InChI=1S/C13H11ClN4O/c14-9-1-2-11-12(5-9)16-8-17-13(11)18-3-4-19-10(6-15)7-18/h1-2,5,8,10H,3-4,7H2. The van der Waals surface area contributed by atoms with E-state index in [9.17, 15) is 0 Å². The number of benzene rings is 1. The number of rotatable bonds is 1. The summed E-state index contributed by atoms with van der Waals surface area (Å²) >= 11 is 5.97. The second-order valence-electron chi connectivity index (χ2n) is 4.29. The Kier molecular flexibility index (Phi) is 3.20. The number of fused-ring (bicyclic) bond motifs is 1. The highest BCUT2D eigenvalue weighted by Gasteiger charge is 2.22. The lowest BCUT2D eigenvalue weighted by Gasteiger charge is -2.31. The molecule has 0 spiro atoms. The van der Waals surface area contributed by atoms with Gasteiger partial charge in [0.1, 0.15) is 12.1 Å². The zero-order valence-corrected chi connectivity index (χ0v) is 10.8. The Balaban J connectivity index is 2.03. The number of morpholine rings is 1. The summed E-state index contributed by atoms with van der Waals surface area (Å²) in [6.45, 7) is 1.76. The van der Waals surface area contributed by atoms with Crippen molar-refractivity contribution in [2.24, 2.45) is 0 Å². The monoisotopic (exact) mass is 274 g/mol. The molecule has 1 saturated heterocycles. The summed E-state index contributed by atoms with van der Waals surface area (Å²) in [5.74, 6) is 0.824. The van der Waals surface area contributed by atoms with E-state index in [0.29, 0.717) is 24.7 Å². The van der Waals surface area contributed by atoms with Gasteiger partial charge in [0, 0.05) is 17.0 Å². The van der Waals surface area contributed by atoms with Crippen molar-refractivity contribution in [1.29, 1.82) is 5.26 Å². The molecule has 5 nitrogen and oxygen atoms in total. The Morgan fingerprint density at radius 1 is 1.42 bits per heavy atom. The molecule has 1 aromatic carbocycles. The molecule has 1 aliphatic rings. The van der Waals surface area contributed by atoms with Gasteiger partial charge in [-0.15, -0.1) is 0 Å². The smallest absolute Gasteiger partial charge is 0.161 e. The summed E-state index contributed by atoms with van der Waals surface area (Å²) in [7, 11) is 0. The number of hydrogen-bond donors (Lipinski definition) is 0. The maximum Gasteiger partial charge on any atom is 0.161 e. The van der Waals surface area contributed by atoms with Crippen LogP contribution in [0.5, 0.6) is 0 Å². The highest BCUT2D eigenvalue weighted by atomic mass is 35.5. The highest BCUT2D eigenvalue weighted by molar-refractivity contribution is 6.31. The van der Waals surface area contributed by atoms with Gasteiger partial charge in [-0.2, -0.15) is 5.26 Å². The molecule has 6 heteroatoms. The number of hydrogen-bond acceptors (Lipinski definition) is 5. The fourth-order valence-corrected chi connectivity index (χ4v) is 2.35. The first-order valence-corrected chi connectivity index (χ1v) is 6.32. The van der Waals surface area contributed by atoms with Crippen molar-refractivity contribution in [2.75, 3.05) is 24.6 Å². The lowest BCUT2D eigenvalue weighted by atomic mass is 10.2. The van der Waals surface area contributed by atoms with Gasteiger partial charge in [0.05, 0.1) is 24.7 Å². The fraction of sp³-hybridized carbons (Fsp3) is 0.308. The van der Waals surface area contributed by atoms with E-state index in [2.05, 4.69) is 20.9 Å². The number of anilines is 1. The lowest BCUT2D eigenvalue weighted by molar-refractivity contribution is 0.0762. The molecule has 1 atom stereocenters. The Morgan fingerprint density at radius 2 is 2.32 bits per heavy atom. The largest absolute Gasteiger partial charge is 0.360 e. The van der Waals surface area contributed by atoms with Gasteiger partial charge in [-0.1, -0.05) is 11.6 Å². The van der Waals surface area contributed by atoms with Crippen LogP contribution < -0.4 is 4.90 Å². The normalized spacial score (nSPS) is 19.4. The predicted molar refractivity (Wildman–Crippen MR) is 72.1 cm³/mol. The first-order chi connectivity index (χ1) is 9.28. The maximum atomic E-state index is 8.95. The van der Waals surface area contributed by atoms with Gasteiger partial charge in [0.15, 0.2) is 6.10 Å². The summed E-state index contributed by atoms with van der Waals surface area (Å²) in [6.07, 6.45) is 1.11. The summed E-state index contributed by atoms with van der Waals surface area (Å²) in [4.78, 5) is 10.6. The third kappa shape index (κ3) is 2.33. The molecule has 0 bridgehead atoms. The second-order valence-corrected chi connectivity index (χ2v) is 4.73. The van der Waals surface area contributed by atoms with Crippen LogP contribution in [0, 0.1) is 11.3 Å². The molecular weight excluding hydrogens is 264 g/mol. The fourth-order valence-electron chi connectivity index (χ4n) is 2.19. The van der Waals surface area contributed by atoms with Gasteiger partial charge in [0.2, 0.25) is 0 Å². The number of nitriles is 1. The van der Waals surface area contributed by atoms with Gasteiger partial charge in [0.25, 0.3) is 0 Å². The van der Waals surface area contributed by atoms with Crippen molar-refractivity contribution >= 4 is 28.3 Å². The third-order valence-electron chi connectivity index (χ3n) is 3.09. The van der Waals surface area contributed by atoms with Crippen LogP contribution in [0.2, 0.25) is 5.02 Å².